The van der Waals surface area contributed by atoms with E-state index in [1.165, 1.54) is 29.3 Å². The SMILES string of the molecule is Cn1ncc2cncc(NS(=O)(=O)c3cnn(-c4cc(C(C)(F)F)ccn4)c3)c21. The first-order valence-electron chi connectivity index (χ1n) is 8.33. The summed E-state index contributed by atoms with van der Waals surface area (Å²) in [6.45, 7) is 0.766. The van der Waals surface area contributed by atoms with Crippen molar-refractivity contribution >= 4 is 26.6 Å². The quantitative estimate of drug-likeness (QED) is 0.532. The Kier molecular flexibility index (Phi) is 4.30. The van der Waals surface area contributed by atoms with Crippen LogP contribution < -0.4 is 4.72 Å². The number of fused-ring (bicyclic) bond motifs is 1. The number of aromatic nitrogens is 6. The van der Waals surface area contributed by atoms with Crippen molar-refractivity contribution in [2.24, 2.45) is 7.05 Å². The van der Waals surface area contributed by atoms with Gasteiger partial charge in [-0.1, -0.05) is 0 Å². The molecule has 150 valence electrons. The molecule has 0 saturated heterocycles. The van der Waals surface area contributed by atoms with E-state index in [1.54, 1.807) is 19.4 Å². The number of pyridine rings is 2. The zero-order valence-corrected chi connectivity index (χ0v) is 16.1. The lowest BCUT2D eigenvalue weighted by molar-refractivity contribution is 0.0173. The standard InChI is InChI=1S/C17H15F2N7O2S/c1-17(18,19)12-3-4-21-15(5-12)26-10-13(8-23-26)29(27,28)24-14-9-20-6-11-7-22-25(2)16(11)14/h3-10,24H,1-2H3. The van der Waals surface area contributed by atoms with Crippen molar-refractivity contribution in [2.45, 2.75) is 17.7 Å². The van der Waals surface area contributed by atoms with Crippen molar-refractivity contribution in [1.29, 1.82) is 0 Å². The molecule has 0 aliphatic rings. The summed E-state index contributed by atoms with van der Waals surface area (Å²) in [7, 11) is -2.33. The van der Waals surface area contributed by atoms with Crippen LogP contribution in [0.4, 0.5) is 14.5 Å². The van der Waals surface area contributed by atoms with Crippen molar-refractivity contribution < 1.29 is 17.2 Å². The highest BCUT2D eigenvalue weighted by Gasteiger charge is 2.25. The lowest BCUT2D eigenvalue weighted by Gasteiger charge is -2.11. The van der Waals surface area contributed by atoms with E-state index in [9.17, 15) is 17.2 Å². The number of nitrogens with zero attached hydrogens (tertiary/aromatic N) is 6. The summed E-state index contributed by atoms with van der Waals surface area (Å²) in [4.78, 5) is 7.83. The highest BCUT2D eigenvalue weighted by Crippen LogP contribution is 2.28. The fraction of sp³-hybridized carbons (Fsp3) is 0.176. The third-order valence-electron chi connectivity index (χ3n) is 4.24. The molecule has 0 aromatic carbocycles. The van der Waals surface area contributed by atoms with Gasteiger partial charge in [-0.05, 0) is 12.1 Å². The van der Waals surface area contributed by atoms with Crippen molar-refractivity contribution in [1.82, 2.24) is 29.5 Å². The Hall–Kier alpha value is -3.41. The van der Waals surface area contributed by atoms with Crippen LogP contribution in [0.1, 0.15) is 12.5 Å². The normalized spacial score (nSPS) is 12.4. The minimum absolute atomic E-state index is 0.0703. The van der Waals surface area contributed by atoms with E-state index >= 15 is 0 Å². The summed E-state index contributed by atoms with van der Waals surface area (Å²) >= 11 is 0. The monoisotopic (exact) mass is 419 g/mol. The average Bonchev–Trinajstić information content (AvgIpc) is 3.30. The van der Waals surface area contributed by atoms with Gasteiger partial charge in [0.05, 0.1) is 36.0 Å². The number of hydrogen-bond acceptors (Lipinski definition) is 6. The van der Waals surface area contributed by atoms with Crippen LogP contribution >= 0.6 is 0 Å². The Labute approximate surface area is 164 Å². The van der Waals surface area contributed by atoms with Gasteiger partial charge in [0.1, 0.15) is 4.90 Å². The van der Waals surface area contributed by atoms with Gasteiger partial charge in [-0.3, -0.25) is 14.4 Å². The molecule has 0 aliphatic carbocycles. The average molecular weight is 419 g/mol. The van der Waals surface area contributed by atoms with Crippen molar-refractivity contribution in [3.8, 4) is 5.82 Å². The second kappa shape index (κ2) is 6.58. The van der Waals surface area contributed by atoms with Gasteiger partial charge in [0.15, 0.2) is 5.82 Å². The molecule has 0 radical (unpaired) electrons. The Morgan fingerprint density at radius 3 is 2.69 bits per heavy atom. The molecule has 0 atom stereocenters. The van der Waals surface area contributed by atoms with Crippen molar-refractivity contribution in [3.63, 3.8) is 0 Å². The Balaban J connectivity index is 1.68. The molecule has 0 aliphatic heterocycles. The number of nitrogens with one attached hydrogen (secondary N) is 1. The van der Waals surface area contributed by atoms with Crippen LogP contribution in [-0.4, -0.2) is 37.9 Å². The molecule has 0 bridgehead atoms. The Morgan fingerprint density at radius 1 is 1.14 bits per heavy atom. The van der Waals surface area contributed by atoms with Crippen LogP contribution in [0.3, 0.4) is 0 Å². The van der Waals surface area contributed by atoms with Crippen molar-refractivity contribution in [3.05, 3.63) is 54.9 Å². The third-order valence-corrected chi connectivity index (χ3v) is 5.56. The lowest BCUT2D eigenvalue weighted by atomic mass is 10.1. The summed E-state index contributed by atoms with van der Waals surface area (Å²) in [6, 6.07) is 2.34. The predicted octanol–water partition coefficient (Wildman–Crippen LogP) is 2.46. The molecule has 4 rings (SSSR count). The maximum Gasteiger partial charge on any atom is 0.270 e. The largest absolute Gasteiger partial charge is 0.276 e. The summed E-state index contributed by atoms with van der Waals surface area (Å²) in [5.74, 6) is -2.99. The minimum atomic E-state index is -4.02. The van der Waals surface area contributed by atoms with E-state index in [4.69, 9.17) is 0 Å². The molecule has 0 spiro atoms. The zero-order valence-electron chi connectivity index (χ0n) is 15.3. The molecule has 0 saturated carbocycles. The third kappa shape index (κ3) is 3.53. The molecule has 1 N–H and O–H groups in total. The highest BCUT2D eigenvalue weighted by molar-refractivity contribution is 7.92. The topological polar surface area (TPSA) is 108 Å². The number of hydrogen-bond donors (Lipinski definition) is 1. The number of rotatable bonds is 5. The second-order valence-corrected chi connectivity index (χ2v) is 8.09. The highest BCUT2D eigenvalue weighted by atomic mass is 32.2. The van der Waals surface area contributed by atoms with Gasteiger partial charge in [0.25, 0.3) is 15.9 Å². The van der Waals surface area contributed by atoms with E-state index in [0.29, 0.717) is 10.9 Å². The number of alkyl halides is 2. The number of halogens is 2. The predicted molar refractivity (Wildman–Crippen MR) is 100 cm³/mol. The first-order chi connectivity index (χ1) is 13.6. The van der Waals surface area contributed by atoms with E-state index in [-0.39, 0.29) is 22.0 Å². The van der Waals surface area contributed by atoms with E-state index in [1.807, 2.05) is 0 Å². The van der Waals surface area contributed by atoms with Gasteiger partial charge in [-0.15, -0.1) is 0 Å². The fourth-order valence-electron chi connectivity index (χ4n) is 2.80. The van der Waals surface area contributed by atoms with Crippen LogP contribution in [0.15, 0.2) is 54.2 Å². The number of sulfonamides is 1. The van der Waals surface area contributed by atoms with Gasteiger partial charge in [-0.25, -0.2) is 26.9 Å². The van der Waals surface area contributed by atoms with Gasteiger partial charge in [0.2, 0.25) is 0 Å². The number of anilines is 1. The molecule has 12 heteroatoms. The maximum atomic E-state index is 13.5. The molecule has 4 aromatic heterocycles. The van der Waals surface area contributed by atoms with Crippen LogP contribution in [-0.2, 0) is 23.0 Å². The molecule has 0 amide bonds. The summed E-state index contributed by atoms with van der Waals surface area (Å²) in [5.41, 5.74) is 0.561. The van der Waals surface area contributed by atoms with E-state index < -0.39 is 15.9 Å². The van der Waals surface area contributed by atoms with Crippen LogP contribution in [0.2, 0.25) is 0 Å². The molecule has 0 fully saturated rings. The van der Waals surface area contributed by atoms with Crippen LogP contribution in [0.25, 0.3) is 16.7 Å². The van der Waals surface area contributed by atoms with Crippen LogP contribution in [0.5, 0.6) is 0 Å². The van der Waals surface area contributed by atoms with Crippen molar-refractivity contribution in [2.75, 3.05) is 4.72 Å². The van der Waals surface area contributed by atoms with Gasteiger partial charge in [-0.2, -0.15) is 10.2 Å². The molecule has 4 heterocycles. The number of aryl methyl sites for hydroxylation is 1. The van der Waals surface area contributed by atoms with Gasteiger partial charge in [0, 0.05) is 37.3 Å². The molecule has 29 heavy (non-hydrogen) atoms. The van der Waals surface area contributed by atoms with E-state index in [2.05, 4.69) is 24.9 Å². The summed E-state index contributed by atoms with van der Waals surface area (Å²) in [5, 5.41) is 8.70. The molecular formula is C17H15F2N7O2S. The Bertz CT molecular complexity index is 1310. The fourth-order valence-corrected chi connectivity index (χ4v) is 3.78. The molecule has 0 unspecified atom stereocenters. The summed E-state index contributed by atoms with van der Waals surface area (Å²) in [6.07, 6.45) is 8.03. The molecule has 9 nitrogen and oxygen atoms in total. The zero-order chi connectivity index (χ0) is 20.8. The minimum Gasteiger partial charge on any atom is -0.276 e. The molecule has 4 aromatic rings. The van der Waals surface area contributed by atoms with E-state index in [0.717, 1.165) is 23.9 Å². The van der Waals surface area contributed by atoms with Gasteiger partial charge < -0.3 is 0 Å². The Morgan fingerprint density at radius 2 is 1.93 bits per heavy atom. The first kappa shape index (κ1) is 18.9. The van der Waals surface area contributed by atoms with Crippen LogP contribution in [0, 0.1) is 0 Å². The first-order valence-corrected chi connectivity index (χ1v) is 9.81. The molecular weight excluding hydrogens is 404 g/mol. The van der Waals surface area contributed by atoms with Gasteiger partial charge >= 0.3 is 0 Å². The maximum absolute atomic E-state index is 13.5. The smallest absolute Gasteiger partial charge is 0.270 e. The second-order valence-electron chi connectivity index (χ2n) is 6.41. The summed E-state index contributed by atoms with van der Waals surface area (Å²) < 4.78 is 57.8. The lowest BCUT2D eigenvalue weighted by Crippen LogP contribution is -2.13.